The molecule has 0 fully saturated rings. The van der Waals surface area contributed by atoms with Gasteiger partial charge >= 0.3 is 6.18 Å². The third-order valence-corrected chi connectivity index (χ3v) is 2.95. The first kappa shape index (κ1) is 15.2. The zero-order valence-electron chi connectivity index (χ0n) is 11.4. The van der Waals surface area contributed by atoms with Crippen LogP contribution in [-0.2, 0) is 11.3 Å². The van der Waals surface area contributed by atoms with Gasteiger partial charge in [0.25, 0.3) is 0 Å². The molecule has 112 valence electrons. The highest BCUT2D eigenvalue weighted by Gasteiger charge is 2.28. The summed E-state index contributed by atoms with van der Waals surface area (Å²) in [6.07, 6.45) is -4.46. The second-order valence-electron chi connectivity index (χ2n) is 4.72. The monoisotopic (exact) mass is 297 g/mol. The molecule has 0 spiro atoms. The molecule has 1 aromatic heterocycles. The Hall–Kier alpha value is -2.18. The fraction of sp³-hybridized carbons (Fsp3) is 0.357. The minimum absolute atomic E-state index is 0.133. The van der Waals surface area contributed by atoms with E-state index in [9.17, 15) is 18.0 Å². The van der Waals surface area contributed by atoms with Crippen LogP contribution in [-0.4, -0.2) is 34.0 Å². The molecule has 0 aliphatic heterocycles. The third-order valence-electron chi connectivity index (χ3n) is 2.95. The van der Waals surface area contributed by atoms with Crippen LogP contribution in [0.4, 0.5) is 13.2 Å². The van der Waals surface area contributed by atoms with Gasteiger partial charge in [-0.15, -0.1) is 0 Å². The van der Waals surface area contributed by atoms with Gasteiger partial charge < -0.3 is 4.90 Å². The fourth-order valence-corrected chi connectivity index (χ4v) is 1.84. The Labute approximate surface area is 119 Å². The third kappa shape index (κ3) is 4.40. The molecule has 1 heterocycles. The Bertz CT molecular complexity index is 643. The Morgan fingerprint density at radius 1 is 1.24 bits per heavy atom. The zero-order valence-corrected chi connectivity index (χ0v) is 11.4. The maximum absolute atomic E-state index is 12.1. The van der Waals surface area contributed by atoms with Crippen molar-refractivity contribution in [1.29, 1.82) is 0 Å². The molecule has 0 bridgehead atoms. The summed E-state index contributed by atoms with van der Waals surface area (Å²) in [7, 11) is 1.45. The molecule has 0 aliphatic carbocycles. The summed E-state index contributed by atoms with van der Waals surface area (Å²) in [6.45, 7) is 0.133. The molecule has 2 rings (SSSR count). The lowest BCUT2D eigenvalue weighted by molar-refractivity contribution is -0.148. The average Bonchev–Trinajstić information content (AvgIpc) is 2.43. The van der Waals surface area contributed by atoms with E-state index >= 15 is 0 Å². The molecule has 1 amide bonds. The number of para-hydroxylation sites is 2. The van der Waals surface area contributed by atoms with Crippen LogP contribution in [0.15, 0.2) is 30.5 Å². The van der Waals surface area contributed by atoms with Crippen molar-refractivity contribution < 1.29 is 18.0 Å². The van der Waals surface area contributed by atoms with Crippen LogP contribution in [0.2, 0.25) is 0 Å². The molecule has 4 nitrogen and oxygen atoms in total. The van der Waals surface area contributed by atoms with Crippen molar-refractivity contribution in [2.24, 2.45) is 0 Å². The Balaban J connectivity index is 2.00. The first-order chi connectivity index (χ1) is 9.85. The maximum atomic E-state index is 12.1. The van der Waals surface area contributed by atoms with E-state index in [1.807, 2.05) is 18.2 Å². The standard InChI is InChI=1S/C14H14F3N3O/c1-20(13(21)6-7-14(15,16)17)9-10-8-18-11-4-2-3-5-12(11)19-10/h2-5,8H,6-7,9H2,1H3. The number of aromatic nitrogens is 2. The number of fused-ring (bicyclic) bond motifs is 1. The molecule has 0 unspecified atom stereocenters. The minimum atomic E-state index is -4.32. The van der Waals surface area contributed by atoms with E-state index in [1.165, 1.54) is 18.1 Å². The average molecular weight is 297 g/mol. The first-order valence-electron chi connectivity index (χ1n) is 6.36. The van der Waals surface area contributed by atoms with Gasteiger partial charge in [0.1, 0.15) is 0 Å². The highest BCUT2D eigenvalue weighted by molar-refractivity contribution is 5.76. The quantitative estimate of drug-likeness (QED) is 0.871. The van der Waals surface area contributed by atoms with Crippen LogP contribution in [0.1, 0.15) is 18.5 Å². The van der Waals surface area contributed by atoms with Crippen molar-refractivity contribution >= 4 is 16.9 Å². The fourth-order valence-electron chi connectivity index (χ4n) is 1.84. The van der Waals surface area contributed by atoms with Crippen molar-refractivity contribution in [3.05, 3.63) is 36.2 Å². The van der Waals surface area contributed by atoms with Gasteiger partial charge in [0.2, 0.25) is 5.91 Å². The molecule has 0 N–H and O–H groups in total. The number of benzene rings is 1. The van der Waals surface area contributed by atoms with Crippen LogP contribution in [0.5, 0.6) is 0 Å². The summed E-state index contributed by atoms with van der Waals surface area (Å²) in [4.78, 5) is 21.4. The van der Waals surface area contributed by atoms with Gasteiger partial charge in [-0.2, -0.15) is 13.2 Å². The van der Waals surface area contributed by atoms with Gasteiger partial charge in [-0.3, -0.25) is 9.78 Å². The van der Waals surface area contributed by atoms with Crippen LogP contribution >= 0.6 is 0 Å². The van der Waals surface area contributed by atoms with E-state index in [-0.39, 0.29) is 6.54 Å². The van der Waals surface area contributed by atoms with Crippen molar-refractivity contribution in [2.45, 2.75) is 25.6 Å². The number of rotatable bonds is 4. The van der Waals surface area contributed by atoms with E-state index in [0.29, 0.717) is 11.2 Å². The van der Waals surface area contributed by atoms with E-state index in [2.05, 4.69) is 9.97 Å². The second kappa shape index (κ2) is 6.07. The number of hydrogen-bond donors (Lipinski definition) is 0. The molecule has 2 aromatic rings. The summed E-state index contributed by atoms with van der Waals surface area (Å²) >= 11 is 0. The Morgan fingerprint density at radius 3 is 2.57 bits per heavy atom. The Kier molecular flexibility index (Phi) is 4.40. The second-order valence-corrected chi connectivity index (χ2v) is 4.72. The molecule has 21 heavy (non-hydrogen) atoms. The summed E-state index contributed by atoms with van der Waals surface area (Å²) in [5.74, 6) is -0.567. The van der Waals surface area contributed by atoms with Crippen molar-refractivity contribution in [2.75, 3.05) is 7.05 Å². The number of hydrogen-bond acceptors (Lipinski definition) is 3. The molecular weight excluding hydrogens is 283 g/mol. The molecule has 0 saturated heterocycles. The van der Waals surface area contributed by atoms with Crippen molar-refractivity contribution in [1.82, 2.24) is 14.9 Å². The predicted octanol–water partition coefficient (Wildman–Crippen LogP) is 2.93. The number of carbonyl (C=O) groups excluding carboxylic acids is 1. The highest BCUT2D eigenvalue weighted by Crippen LogP contribution is 2.21. The normalized spacial score (nSPS) is 11.6. The lowest BCUT2D eigenvalue weighted by Gasteiger charge is -2.17. The molecular formula is C14H14F3N3O. The van der Waals surface area contributed by atoms with Gasteiger partial charge in [-0.1, -0.05) is 12.1 Å². The summed E-state index contributed by atoms with van der Waals surface area (Å²) in [6, 6.07) is 7.25. The predicted molar refractivity (Wildman–Crippen MR) is 71.3 cm³/mol. The zero-order chi connectivity index (χ0) is 15.5. The van der Waals surface area contributed by atoms with E-state index in [4.69, 9.17) is 0 Å². The molecule has 0 aliphatic rings. The smallest absolute Gasteiger partial charge is 0.340 e. The molecule has 7 heteroatoms. The topological polar surface area (TPSA) is 46.1 Å². The van der Waals surface area contributed by atoms with Gasteiger partial charge in [-0.25, -0.2) is 4.98 Å². The number of amides is 1. The van der Waals surface area contributed by atoms with Crippen molar-refractivity contribution in [3.8, 4) is 0 Å². The lowest BCUT2D eigenvalue weighted by Crippen LogP contribution is -2.27. The van der Waals surface area contributed by atoms with Crippen LogP contribution in [0, 0.1) is 0 Å². The summed E-state index contributed by atoms with van der Waals surface area (Å²) in [5, 5.41) is 0. The van der Waals surface area contributed by atoms with E-state index < -0.39 is 24.9 Å². The van der Waals surface area contributed by atoms with Gasteiger partial charge in [0.15, 0.2) is 0 Å². The largest absolute Gasteiger partial charge is 0.389 e. The molecule has 0 saturated carbocycles. The Morgan fingerprint density at radius 2 is 1.90 bits per heavy atom. The van der Waals surface area contributed by atoms with E-state index in [1.54, 1.807) is 6.07 Å². The van der Waals surface area contributed by atoms with Gasteiger partial charge in [-0.05, 0) is 12.1 Å². The minimum Gasteiger partial charge on any atom is -0.340 e. The van der Waals surface area contributed by atoms with Gasteiger partial charge in [0, 0.05) is 13.5 Å². The molecule has 1 aromatic carbocycles. The SMILES string of the molecule is CN(Cc1cnc2ccccc2n1)C(=O)CCC(F)(F)F. The lowest BCUT2D eigenvalue weighted by atomic mass is 10.2. The highest BCUT2D eigenvalue weighted by atomic mass is 19.4. The summed E-state index contributed by atoms with van der Waals surface area (Å²) < 4.78 is 36.3. The number of nitrogens with zero attached hydrogens (tertiary/aromatic N) is 3. The number of carbonyl (C=O) groups is 1. The van der Waals surface area contributed by atoms with Gasteiger partial charge in [0.05, 0.1) is 35.9 Å². The van der Waals surface area contributed by atoms with Crippen LogP contribution < -0.4 is 0 Å². The summed E-state index contributed by atoms with van der Waals surface area (Å²) in [5.41, 5.74) is 1.95. The van der Waals surface area contributed by atoms with E-state index in [0.717, 1.165) is 5.52 Å². The maximum Gasteiger partial charge on any atom is 0.389 e. The molecule has 0 atom stereocenters. The van der Waals surface area contributed by atoms with Crippen LogP contribution in [0.25, 0.3) is 11.0 Å². The number of halogens is 3. The number of alkyl halides is 3. The molecule has 0 radical (unpaired) electrons. The first-order valence-corrected chi connectivity index (χ1v) is 6.36. The van der Waals surface area contributed by atoms with Crippen LogP contribution in [0.3, 0.4) is 0 Å². The van der Waals surface area contributed by atoms with Crippen molar-refractivity contribution in [3.63, 3.8) is 0 Å².